The zero-order valence-corrected chi connectivity index (χ0v) is 10.9. The van der Waals surface area contributed by atoms with E-state index in [1.807, 2.05) is 0 Å². The Bertz CT molecular complexity index is 449. The first kappa shape index (κ1) is 13.8. The van der Waals surface area contributed by atoms with E-state index in [-0.39, 0.29) is 24.5 Å². The summed E-state index contributed by atoms with van der Waals surface area (Å²) in [7, 11) is 1.52. The largest absolute Gasteiger partial charge is 0.496 e. The van der Waals surface area contributed by atoms with E-state index in [4.69, 9.17) is 9.84 Å². The van der Waals surface area contributed by atoms with Gasteiger partial charge in [0.05, 0.1) is 18.8 Å². The number of carbonyl (C=O) groups is 1. The van der Waals surface area contributed by atoms with Crippen LogP contribution in [0.5, 0.6) is 5.75 Å². The molecule has 1 aromatic carbocycles. The molecular formula is C14H19NO4. The molecule has 1 aliphatic rings. The summed E-state index contributed by atoms with van der Waals surface area (Å²) < 4.78 is 5.14. The molecule has 0 saturated heterocycles. The van der Waals surface area contributed by atoms with Gasteiger partial charge in [0.1, 0.15) is 5.75 Å². The zero-order valence-electron chi connectivity index (χ0n) is 10.9. The van der Waals surface area contributed by atoms with Crippen molar-refractivity contribution in [2.24, 2.45) is 5.92 Å². The Balaban J connectivity index is 2.02. The lowest BCUT2D eigenvalue weighted by molar-refractivity contribution is 0.0903. The van der Waals surface area contributed by atoms with E-state index >= 15 is 0 Å². The van der Waals surface area contributed by atoms with E-state index < -0.39 is 6.10 Å². The molecule has 0 spiro atoms. The second-order valence-corrected chi connectivity index (χ2v) is 4.85. The maximum atomic E-state index is 12.1. The van der Waals surface area contributed by atoms with Gasteiger partial charge in [-0.2, -0.15) is 0 Å². The summed E-state index contributed by atoms with van der Waals surface area (Å²) in [6.45, 7) is -0.0534. The number of aliphatic hydroxyl groups is 2. The smallest absolute Gasteiger partial charge is 0.255 e. The fourth-order valence-electron chi connectivity index (χ4n) is 2.51. The number of aliphatic hydroxyl groups excluding tert-OH is 2. The van der Waals surface area contributed by atoms with Crippen molar-refractivity contribution >= 4 is 5.91 Å². The lowest BCUT2D eigenvalue weighted by Gasteiger charge is -2.14. The minimum Gasteiger partial charge on any atom is -0.496 e. The second-order valence-electron chi connectivity index (χ2n) is 4.85. The van der Waals surface area contributed by atoms with E-state index in [1.54, 1.807) is 24.3 Å². The van der Waals surface area contributed by atoms with E-state index in [0.717, 1.165) is 0 Å². The maximum absolute atomic E-state index is 12.1. The van der Waals surface area contributed by atoms with Crippen LogP contribution in [-0.2, 0) is 0 Å². The summed E-state index contributed by atoms with van der Waals surface area (Å²) in [5, 5.41) is 21.7. The highest BCUT2D eigenvalue weighted by Crippen LogP contribution is 2.26. The number of rotatable bonds is 4. The van der Waals surface area contributed by atoms with Gasteiger partial charge in [-0.3, -0.25) is 4.79 Å². The highest BCUT2D eigenvalue weighted by molar-refractivity contribution is 5.97. The number of para-hydroxylation sites is 1. The Morgan fingerprint density at radius 3 is 2.79 bits per heavy atom. The lowest BCUT2D eigenvalue weighted by Crippen LogP contribution is -2.33. The third kappa shape index (κ3) is 3.05. The molecule has 5 nitrogen and oxygen atoms in total. The van der Waals surface area contributed by atoms with Gasteiger partial charge < -0.3 is 20.3 Å². The Kier molecular flexibility index (Phi) is 4.39. The summed E-state index contributed by atoms with van der Waals surface area (Å²) in [6, 6.07) is 6.90. The average Bonchev–Trinajstić information content (AvgIpc) is 2.78. The summed E-state index contributed by atoms with van der Waals surface area (Å²) in [5.74, 6) is 0.161. The van der Waals surface area contributed by atoms with Crippen LogP contribution in [0.2, 0.25) is 0 Å². The summed E-state index contributed by atoms with van der Waals surface area (Å²) in [6.07, 6.45) is 0.526. The van der Waals surface area contributed by atoms with E-state index in [9.17, 15) is 9.90 Å². The van der Waals surface area contributed by atoms with E-state index in [2.05, 4.69) is 5.32 Å². The van der Waals surface area contributed by atoms with Crippen molar-refractivity contribution in [2.75, 3.05) is 13.7 Å². The summed E-state index contributed by atoms with van der Waals surface area (Å²) in [4.78, 5) is 12.1. The van der Waals surface area contributed by atoms with Crippen LogP contribution in [0.1, 0.15) is 23.2 Å². The summed E-state index contributed by atoms with van der Waals surface area (Å²) in [5.41, 5.74) is 0.479. The Morgan fingerprint density at radius 1 is 1.42 bits per heavy atom. The van der Waals surface area contributed by atoms with Gasteiger partial charge >= 0.3 is 0 Å². The molecule has 2 rings (SSSR count). The SMILES string of the molecule is COc1ccccc1C(=O)N[C@H]1C[C@H](CO)[C@@H](O)C1. The van der Waals surface area contributed by atoms with E-state index in [1.165, 1.54) is 7.11 Å². The molecule has 0 unspecified atom stereocenters. The predicted octanol–water partition coefficient (Wildman–Crippen LogP) is 0.557. The van der Waals surface area contributed by atoms with Crippen molar-refractivity contribution < 1.29 is 19.7 Å². The highest BCUT2D eigenvalue weighted by atomic mass is 16.5. The number of hydrogen-bond acceptors (Lipinski definition) is 4. The highest BCUT2D eigenvalue weighted by Gasteiger charge is 2.33. The van der Waals surface area contributed by atoms with Gasteiger partial charge in [-0.25, -0.2) is 0 Å². The minimum atomic E-state index is -0.548. The Labute approximate surface area is 112 Å². The van der Waals surface area contributed by atoms with Gasteiger partial charge in [-0.15, -0.1) is 0 Å². The fraction of sp³-hybridized carbons (Fsp3) is 0.500. The van der Waals surface area contributed by atoms with Crippen LogP contribution in [-0.4, -0.2) is 42.0 Å². The molecule has 104 valence electrons. The van der Waals surface area contributed by atoms with Gasteiger partial charge in [0.25, 0.3) is 5.91 Å². The van der Waals surface area contributed by atoms with Gasteiger partial charge in [0.15, 0.2) is 0 Å². The monoisotopic (exact) mass is 265 g/mol. The van der Waals surface area contributed by atoms with Crippen molar-refractivity contribution in [1.29, 1.82) is 0 Å². The van der Waals surface area contributed by atoms with Crippen LogP contribution in [0.3, 0.4) is 0 Å². The van der Waals surface area contributed by atoms with Crippen molar-refractivity contribution in [3.63, 3.8) is 0 Å². The van der Waals surface area contributed by atoms with Crippen molar-refractivity contribution in [2.45, 2.75) is 25.0 Å². The van der Waals surface area contributed by atoms with Gasteiger partial charge in [0.2, 0.25) is 0 Å². The molecule has 1 fully saturated rings. The Hall–Kier alpha value is -1.59. The van der Waals surface area contributed by atoms with Gasteiger partial charge in [-0.1, -0.05) is 12.1 Å². The quantitative estimate of drug-likeness (QED) is 0.743. The average molecular weight is 265 g/mol. The first-order valence-electron chi connectivity index (χ1n) is 6.38. The first-order valence-corrected chi connectivity index (χ1v) is 6.38. The van der Waals surface area contributed by atoms with Crippen LogP contribution >= 0.6 is 0 Å². The zero-order chi connectivity index (χ0) is 13.8. The van der Waals surface area contributed by atoms with Crippen molar-refractivity contribution in [3.8, 4) is 5.75 Å². The van der Waals surface area contributed by atoms with Gasteiger partial charge in [-0.05, 0) is 25.0 Å². The molecule has 5 heteroatoms. The predicted molar refractivity (Wildman–Crippen MR) is 70.1 cm³/mol. The molecule has 0 bridgehead atoms. The van der Waals surface area contributed by atoms with Gasteiger partial charge in [0, 0.05) is 18.6 Å². The third-order valence-corrected chi connectivity index (χ3v) is 3.58. The number of hydrogen-bond donors (Lipinski definition) is 3. The molecule has 0 heterocycles. The van der Waals surface area contributed by atoms with Crippen LogP contribution < -0.4 is 10.1 Å². The molecule has 0 aliphatic heterocycles. The fourth-order valence-corrected chi connectivity index (χ4v) is 2.51. The number of carbonyl (C=O) groups excluding carboxylic acids is 1. The molecule has 1 saturated carbocycles. The van der Waals surface area contributed by atoms with Crippen LogP contribution in [0, 0.1) is 5.92 Å². The number of benzene rings is 1. The molecule has 1 aliphatic carbocycles. The third-order valence-electron chi connectivity index (χ3n) is 3.58. The molecule has 3 N–H and O–H groups in total. The molecule has 1 aromatic rings. The number of amides is 1. The molecule has 0 aromatic heterocycles. The Morgan fingerprint density at radius 2 is 2.16 bits per heavy atom. The molecular weight excluding hydrogens is 246 g/mol. The number of nitrogens with one attached hydrogen (secondary N) is 1. The maximum Gasteiger partial charge on any atom is 0.255 e. The molecule has 1 amide bonds. The lowest BCUT2D eigenvalue weighted by atomic mass is 10.1. The van der Waals surface area contributed by atoms with E-state index in [0.29, 0.717) is 24.2 Å². The molecule has 19 heavy (non-hydrogen) atoms. The standard InChI is InChI=1S/C14H19NO4/c1-19-13-5-3-2-4-11(13)14(18)15-10-6-9(8-16)12(17)7-10/h2-5,9-10,12,16-17H,6-8H2,1H3,(H,15,18)/t9-,10+,12+/m1/s1. The van der Waals surface area contributed by atoms with Crippen LogP contribution in [0.4, 0.5) is 0 Å². The summed E-state index contributed by atoms with van der Waals surface area (Å²) >= 11 is 0. The van der Waals surface area contributed by atoms with Crippen molar-refractivity contribution in [3.05, 3.63) is 29.8 Å². The van der Waals surface area contributed by atoms with Crippen LogP contribution in [0.25, 0.3) is 0 Å². The van der Waals surface area contributed by atoms with Crippen molar-refractivity contribution in [1.82, 2.24) is 5.32 Å². The topological polar surface area (TPSA) is 78.8 Å². The van der Waals surface area contributed by atoms with Crippen LogP contribution in [0.15, 0.2) is 24.3 Å². The normalized spacial score (nSPS) is 26.2. The molecule has 3 atom stereocenters. The minimum absolute atomic E-state index is 0.0534. The molecule has 0 radical (unpaired) electrons. The first-order chi connectivity index (χ1) is 9.15. The number of ether oxygens (including phenoxy) is 1. The second kappa shape index (κ2) is 6.04. The number of methoxy groups -OCH3 is 1.